The Kier molecular flexibility index (Phi) is 3.63. The van der Waals surface area contributed by atoms with Crippen LogP contribution >= 0.6 is 24.2 Å². The lowest BCUT2D eigenvalue weighted by Gasteiger charge is -2.03. The third-order valence-corrected chi connectivity index (χ3v) is 2.22. The number of hydrogen-bond donors (Lipinski definition) is 2. The van der Waals surface area contributed by atoms with Gasteiger partial charge < -0.3 is 5.73 Å². The smallest absolute Gasteiger partial charge is 0.165 e. The van der Waals surface area contributed by atoms with Crippen molar-refractivity contribution in [3.63, 3.8) is 0 Å². The van der Waals surface area contributed by atoms with Crippen LogP contribution in [0.15, 0.2) is 23.1 Å². The molecule has 0 fully saturated rings. The van der Waals surface area contributed by atoms with E-state index in [1.807, 2.05) is 0 Å². The van der Waals surface area contributed by atoms with E-state index in [1.54, 1.807) is 18.2 Å². The lowest BCUT2D eigenvalue weighted by molar-refractivity contribution is 0.0986. The van der Waals surface area contributed by atoms with Gasteiger partial charge in [-0.1, -0.05) is 0 Å². The van der Waals surface area contributed by atoms with E-state index in [0.29, 0.717) is 28.4 Å². The highest BCUT2D eigenvalue weighted by Gasteiger charge is 2.08. The summed E-state index contributed by atoms with van der Waals surface area (Å²) in [6.07, 6.45) is 0.318. The molecule has 2 N–H and O–H groups in total. The van der Waals surface area contributed by atoms with Crippen LogP contribution in [0.25, 0.3) is 0 Å². The highest BCUT2D eigenvalue weighted by atomic mass is 35.5. The Morgan fingerprint density at radius 2 is 2.23 bits per heavy atom. The molecule has 2 nitrogen and oxygen atoms in total. The second kappa shape index (κ2) is 4.53. The monoisotopic (exact) mass is 215 g/mol. The van der Waals surface area contributed by atoms with Crippen molar-refractivity contribution in [2.75, 3.05) is 11.6 Å². The number of carbonyl (C=O) groups excluding carboxylic acids is 1. The second-order valence-corrected chi connectivity index (χ2v) is 3.50. The fourth-order valence-corrected chi connectivity index (χ4v) is 1.43. The van der Waals surface area contributed by atoms with Gasteiger partial charge in [-0.15, -0.1) is 24.2 Å². The molecule has 0 saturated heterocycles. The fourth-order valence-electron chi connectivity index (χ4n) is 0.997. The highest BCUT2D eigenvalue weighted by Crippen LogP contribution is 2.18. The molecule has 1 rings (SSSR count). The van der Waals surface area contributed by atoms with Crippen LogP contribution in [-0.2, 0) is 0 Å². The van der Waals surface area contributed by atoms with Crippen molar-refractivity contribution in [1.29, 1.82) is 0 Å². The topological polar surface area (TPSA) is 43.1 Å². The van der Waals surface area contributed by atoms with Gasteiger partial charge in [0.05, 0.1) is 0 Å². The lowest BCUT2D eigenvalue weighted by atomic mass is 10.1. The molecule has 0 heterocycles. The zero-order valence-electron chi connectivity index (χ0n) is 6.96. The first-order chi connectivity index (χ1) is 6.15. The molecule has 0 aliphatic carbocycles. The second-order valence-electron chi connectivity index (χ2n) is 2.64. The minimum Gasteiger partial charge on any atom is -0.399 e. The molecule has 4 heteroatoms. The number of hydrogen-bond acceptors (Lipinski definition) is 3. The summed E-state index contributed by atoms with van der Waals surface area (Å²) >= 11 is 9.62. The maximum absolute atomic E-state index is 11.4. The van der Waals surface area contributed by atoms with E-state index in [9.17, 15) is 4.79 Å². The summed E-state index contributed by atoms with van der Waals surface area (Å²) in [5, 5.41) is 0. The van der Waals surface area contributed by atoms with Gasteiger partial charge in [0.25, 0.3) is 0 Å². The molecule has 0 aromatic heterocycles. The molecule has 0 aliphatic rings. The average molecular weight is 216 g/mol. The van der Waals surface area contributed by atoms with E-state index in [1.165, 1.54) is 0 Å². The normalized spacial score (nSPS) is 10.0. The fraction of sp³-hybridized carbons (Fsp3) is 0.222. The number of halogens is 1. The Morgan fingerprint density at radius 3 is 2.85 bits per heavy atom. The molecule has 1 aromatic rings. The van der Waals surface area contributed by atoms with Crippen LogP contribution in [-0.4, -0.2) is 11.7 Å². The van der Waals surface area contributed by atoms with E-state index in [2.05, 4.69) is 12.6 Å². The third kappa shape index (κ3) is 2.64. The van der Waals surface area contributed by atoms with Crippen molar-refractivity contribution in [2.24, 2.45) is 0 Å². The van der Waals surface area contributed by atoms with Crippen molar-refractivity contribution in [3.05, 3.63) is 23.8 Å². The Balaban J connectivity index is 2.99. The van der Waals surface area contributed by atoms with Crippen LogP contribution in [0.3, 0.4) is 0 Å². The quantitative estimate of drug-likeness (QED) is 0.352. The Hall–Kier alpha value is -0.670. The maximum Gasteiger partial charge on any atom is 0.165 e. The molecule has 13 heavy (non-hydrogen) atoms. The third-order valence-electron chi connectivity index (χ3n) is 1.64. The number of ketones is 1. The largest absolute Gasteiger partial charge is 0.399 e. The number of thiol groups is 1. The van der Waals surface area contributed by atoms with Crippen LogP contribution in [0.5, 0.6) is 0 Å². The minimum atomic E-state index is -0.0210. The van der Waals surface area contributed by atoms with Gasteiger partial charge in [0.15, 0.2) is 5.78 Å². The molecule has 1 aromatic carbocycles. The van der Waals surface area contributed by atoms with Gasteiger partial charge in [0.1, 0.15) is 0 Å². The van der Waals surface area contributed by atoms with Crippen molar-refractivity contribution in [2.45, 2.75) is 11.3 Å². The summed E-state index contributed by atoms with van der Waals surface area (Å²) in [6.45, 7) is 0. The van der Waals surface area contributed by atoms with Crippen molar-refractivity contribution in [3.8, 4) is 0 Å². The molecule has 0 amide bonds. The first kappa shape index (κ1) is 10.4. The van der Waals surface area contributed by atoms with Gasteiger partial charge >= 0.3 is 0 Å². The molecule has 70 valence electrons. The summed E-state index contributed by atoms with van der Waals surface area (Å²) in [7, 11) is 0. The number of alkyl halides is 1. The molecule has 0 saturated carbocycles. The van der Waals surface area contributed by atoms with Crippen LogP contribution in [0.4, 0.5) is 5.69 Å². The van der Waals surface area contributed by atoms with Crippen molar-refractivity contribution < 1.29 is 4.79 Å². The van der Waals surface area contributed by atoms with Crippen LogP contribution < -0.4 is 5.73 Å². The summed E-state index contributed by atoms with van der Waals surface area (Å²) in [5.41, 5.74) is 6.65. The number of nitrogen functional groups attached to an aromatic ring is 1. The molecule has 0 unspecified atom stereocenters. The van der Waals surface area contributed by atoms with E-state index < -0.39 is 0 Å². The number of anilines is 1. The number of Topliss-reactive ketones (excluding diaryl/α,β-unsaturated/α-hetero) is 1. The van der Waals surface area contributed by atoms with Gasteiger partial charge in [-0.05, 0) is 18.2 Å². The predicted molar refractivity (Wildman–Crippen MR) is 57.8 cm³/mol. The zero-order chi connectivity index (χ0) is 9.84. The molecule has 0 aliphatic heterocycles. The number of carbonyl (C=O) groups is 1. The summed E-state index contributed by atoms with van der Waals surface area (Å²) < 4.78 is 0. The van der Waals surface area contributed by atoms with Crippen molar-refractivity contribution >= 4 is 35.7 Å². The van der Waals surface area contributed by atoms with Gasteiger partial charge in [-0.3, -0.25) is 4.79 Å². The Bertz CT molecular complexity index is 327. The highest BCUT2D eigenvalue weighted by molar-refractivity contribution is 7.80. The van der Waals surface area contributed by atoms with Gasteiger partial charge in [0.2, 0.25) is 0 Å². The molecule has 0 atom stereocenters. The van der Waals surface area contributed by atoms with E-state index >= 15 is 0 Å². The summed E-state index contributed by atoms with van der Waals surface area (Å²) in [6, 6.07) is 5.04. The summed E-state index contributed by atoms with van der Waals surface area (Å²) in [5.74, 6) is 0.299. The van der Waals surface area contributed by atoms with Gasteiger partial charge in [-0.25, -0.2) is 0 Å². The molecule has 0 bridgehead atoms. The molecule has 0 radical (unpaired) electrons. The SMILES string of the molecule is Nc1ccc(S)c(C(=O)CCCl)c1. The first-order valence-corrected chi connectivity index (χ1v) is 4.81. The lowest BCUT2D eigenvalue weighted by Crippen LogP contribution is -2.02. The number of rotatable bonds is 3. The van der Waals surface area contributed by atoms with Gasteiger partial charge in [0, 0.05) is 28.4 Å². The standard InChI is InChI=1S/C9H10ClNOS/c10-4-3-8(12)7-5-6(11)1-2-9(7)13/h1-2,5,13H,3-4,11H2. The minimum absolute atomic E-state index is 0.0210. The zero-order valence-corrected chi connectivity index (χ0v) is 8.61. The Morgan fingerprint density at radius 1 is 1.54 bits per heavy atom. The molecular weight excluding hydrogens is 206 g/mol. The number of nitrogens with two attached hydrogens (primary N) is 1. The maximum atomic E-state index is 11.4. The molecular formula is C9H10ClNOS. The van der Waals surface area contributed by atoms with Crippen LogP contribution in [0.2, 0.25) is 0 Å². The van der Waals surface area contributed by atoms with Gasteiger partial charge in [-0.2, -0.15) is 0 Å². The number of benzene rings is 1. The van der Waals surface area contributed by atoms with E-state index in [0.717, 1.165) is 0 Å². The predicted octanol–water partition coefficient (Wildman–Crippen LogP) is 2.37. The summed E-state index contributed by atoms with van der Waals surface area (Å²) in [4.78, 5) is 12.1. The van der Waals surface area contributed by atoms with E-state index in [-0.39, 0.29) is 5.78 Å². The van der Waals surface area contributed by atoms with Crippen LogP contribution in [0, 0.1) is 0 Å². The van der Waals surface area contributed by atoms with Crippen molar-refractivity contribution in [1.82, 2.24) is 0 Å². The average Bonchev–Trinajstić information content (AvgIpc) is 2.09. The van der Waals surface area contributed by atoms with Crippen LogP contribution in [0.1, 0.15) is 16.8 Å². The van der Waals surface area contributed by atoms with E-state index in [4.69, 9.17) is 17.3 Å². The first-order valence-electron chi connectivity index (χ1n) is 3.83. The molecule has 0 spiro atoms. The Labute approximate surface area is 87.5 Å².